The molecular weight excluding hydrogens is 236 g/mol. The lowest BCUT2D eigenvalue weighted by atomic mass is 10.2. The van der Waals surface area contributed by atoms with Crippen LogP contribution in [0.2, 0.25) is 0 Å². The highest BCUT2D eigenvalue weighted by Gasteiger charge is 2.08. The van der Waals surface area contributed by atoms with Crippen molar-refractivity contribution >= 4 is 5.95 Å². The van der Waals surface area contributed by atoms with Crippen molar-refractivity contribution in [2.75, 3.05) is 20.0 Å². The number of aromatic nitrogens is 3. The fourth-order valence-electron chi connectivity index (χ4n) is 1.52. The predicted molar refractivity (Wildman–Crippen MR) is 65.6 cm³/mol. The Bertz CT molecular complexity index is 624. The molecule has 2 rings (SSSR count). The molecule has 0 unspecified atom stereocenters. The largest absolute Gasteiger partial charge is 0.493 e. The quantitative estimate of drug-likeness (QED) is 0.816. The van der Waals surface area contributed by atoms with Gasteiger partial charge in [0.05, 0.1) is 14.2 Å². The van der Waals surface area contributed by atoms with Gasteiger partial charge in [-0.3, -0.25) is 4.98 Å². The molecule has 94 valence electrons. The summed E-state index contributed by atoms with van der Waals surface area (Å²) in [6.45, 7) is 0. The SMILES string of the molecule is COc1ccc(-c2nc(N)nc(=O)[nH]2)cc1OC. The Morgan fingerprint density at radius 3 is 2.50 bits per heavy atom. The third-order valence-electron chi connectivity index (χ3n) is 2.32. The summed E-state index contributed by atoms with van der Waals surface area (Å²) >= 11 is 0. The second-order valence-corrected chi connectivity index (χ2v) is 3.43. The van der Waals surface area contributed by atoms with Crippen molar-refractivity contribution in [2.24, 2.45) is 0 Å². The molecule has 0 aliphatic heterocycles. The number of ether oxygens (including phenoxy) is 2. The lowest BCUT2D eigenvalue weighted by Crippen LogP contribution is -2.15. The molecule has 1 aromatic carbocycles. The van der Waals surface area contributed by atoms with Crippen LogP contribution in [0, 0.1) is 0 Å². The van der Waals surface area contributed by atoms with Gasteiger partial charge < -0.3 is 15.2 Å². The Labute approximate surface area is 103 Å². The summed E-state index contributed by atoms with van der Waals surface area (Å²) in [5, 5.41) is 0. The fourth-order valence-corrected chi connectivity index (χ4v) is 1.52. The Hall–Kier alpha value is -2.57. The van der Waals surface area contributed by atoms with Crippen LogP contribution in [0.25, 0.3) is 11.4 Å². The third kappa shape index (κ3) is 2.24. The molecule has 0 aliphatic carbocycles. The van der Waals surface area contributed by atoms with E-state index in [-0.39, 0.29) is 5.95 Å². The Morgan fingerprint density at radius 1 is 1.17 bits per heavy atom. The molecule has 7 heteroatoms. The summed E-state index contributed by atoms with van der Waals surface area (Å²) < 4.78 is 10.3. The van der Waals surface area contributed by atoms with Crippen LogP contribution in [0.15, 0.2) is 23.0 Å². The van der Waals surface area contributed by atoms with Crippen LogP contribution in [0.4, 0.5) is 5.95 Å². The maximum Gasteiger partial charge on any atom is 0.349 e. The summed E-state index contributed by atoms with van der Waals surface area (Å²) in [4.78, 5) is 21.1. The standard InChI is InChI=1S/C11H12N4O3/c1-17-7-4-3-6(5-8(7)18-2)9-13-10(12)15-11(16)14-9/h3-5H,1-2H3,(H3,12,13,14,15,16). The van der Waals surface area contributed by atoms with Crippen molar-refractivity contribution in [1.82, 2.24) is 15.0 Å². The van der Waals surface area contributed by atoms with Gasteiger partial charge in [-0.05, 0) is 18.2 Å². The molecule has 0 saturated heterocycles. The van der Waals surface area contributed by atoms with Crippen molar-refractivity contribution in [1.29, 1.82) is 0 Å². The predicted octanol–water partition coefficient (Wildman–Crippen LogP) is 0.431. The van der Waals surface area contributed by atoms with Gasteiger partial charge in [-0.2, -0.15) is 9.97 Å². The maximum absolute atomic E-state index is 11.2. The van der Waals surface area contributed by atoms with Crippen molar-refractivity contribution < 1.29 is 9.47 Å². The number of methoxy groups -OCH3 is 2. The topological polar surface area (TPSA) is 103 Å². The number of nitrogens with one attached hydrogen (secondary N) is 1. The Balaban J connectivity index is 2.54. The first-order valence-corrected chi connectivity index (χ1v) is 5.10. The maximum atomic E-state index is 11.2. The highest BCUT2D eigenvalue weighted by molar-refractivity contribution is 5.61. The van der Waals surface area contributed by atoms with Gasteiger partial charge in [0, 0.05) is 5.56 Å². The summed E-state index contributed by atoms with van der Waals surface area (Å²) in [7, 11) is 3.07. The number of hydrogen-bond acceptors (Lipinski definition) is 6. The highest BCUT2D eigenvalue weighted by Crippen LogP contribution is 2.30. The van der Waals surface area contributed by atoms with Gasteiger partial charge in [0.1, 0.15) is 5.82 Å². The molecule has 7 nitrogen and oxygen atoms in total. The summed E-state index contributed by atoms with van der Waals surface area (Å²) in [6, 6.07) is 5.14. The van der Waals surface area contributed by atoms with E-state index in [1.165, 1.54) is 7.11 Å². The number of nitrogens with two attached hydrogens (primary N) is 1. The third-order valence-corrected chi connectivity index (χ3v) is 2.32. The van der Waals surface area contributed by atoms with E-state index < -0.39 is 5.69 Å². The number of benzene rings is 1. The summed E-state index contributed by atoms with van der Waals surface area (Å²) in [5.41, 5.74) is 5.53. The van der Waals surface area contributed by atoms with Crippen molar-refractivity contribution in [2.45, 2.75) is 0 Å². The lowest BCUT2D eigenvalue weighted by molar-refractivity contribution is 0.355. The minimum Gasteiger partial charge on any atom is -0.493 e. The molecule has 2 aromatic rings. The van der Waals surface area contributed by atoms with Crippen LogP contribution in [0.3, 0.4) is 0 Å². The molecule has 0 bridgehead atoms. The van der Waals surface area contributed by atoms with Crippen LogP contribution in [0.5, 0.6) is 11.5 Å². The van der Waals surface area contributed by atoms with Gasteiger partial charge in [-0.25, -0.2) is 4.79 Å². The molecule has 0 spiro atoms. The molecule has 18 heavy (non-hydrogen) atoms. The monoisotopic (exact) mass is 248 g/mol. The van der Waals surface area contributed by atoms with E-state index in [0.29, 0.717) is 22.9 Å². The zero-order valence-electron chi connectivity index (χ0n) is 9.93. The van der Waals surface area contributed by atoms with Crippen LogP contribution in [-0.2, 0) is 0 Å². The average molecular weight is 248 g/mol. The van der Waals surface area contributed by atoms with Crippen LogP contribution in [-0.4, -0.2) is 29.2 Å². The normalized spacial score (nSPS) is 10.1. The number of nitrogens with zero attached hydrogens (tertiary/aromatic N) is 2. The van der Waals surface area contributed by atoms with E-state index in [1.54, 1.807) is 25.3 Å². The molecule has 0 radical (unpaired) electrons. The zero-order valence-corrected chi connectivity index (χ0v) is 9.93. The van der Waals surface area contributed by atoms with E-state index in [1.807, 2.05) is 0 Å². The van der Waals surface area contributed by atoms with Crippen molar-refractivity contribution in [3.05, 3.63) is 28.7 Å². The van der Waals surface area contributed by atoms with Gasteiger partial charge in [0.25, 0.3) is 0 Å². The number of rotatable bonds is 3. The Morgan fingerprint density at radius 2 is 1.89 bits per heavy atom. The molecule has 0 aliphatic rings. The fraction of sp³-hybridized carbons (Fsp3) is 0.182. The molecule has 3 N–H and O–H groups in total. The lowest BCUT2D eigenvalue weighted by Gasteiger charge is -2.09. The second kappa shape index (κ2) is 4.74. The summed E-state index contributed by atoms with van der Waals surface area (Å²) in [6.07, 6.45) is 0. The number of hydrogen-bond donors (Lipinski definition) is 2. The van der Waals surface area contributed by atoms with E-state index in [2.05, 4.69) is 15.0 Å². The number of anilines is 1. The van der Waals surface area contributed by atoms with Crippen LogP contribution >= 0.6 is 0 Å². The van der Waals surface area contributed by atoms with Gasteiger partial charge in [0.2, 0.25) is 5.95 Å². The van der Waals surface area contributed by atoms with Gasteiger partial charge in [-0.1, -0.05) is 0 Å². The highest BCUT2D eigenvalue weighted by atomic mass is 16.5. The molecule has 1 heterocycles. The number of H-pyrrole nitrogens is 1. The van der Waals surface area contributed by atoms with Gasteiger partial charge in [0.15, 0.2) is 11.5 Å². The first-order valence-electron chi connectivity index (χ1n) is 5.10. The van der Waals surface area contributed by atoms with E-state index in [0.717, 1.165) is 0 Å². The van der Waals surface area contributed by atoms with Gasteiger partial charge >= 0.3 is 5.69 Å². The minimum atomic E-state index is -0.549. The minimum absolute atomic E-state index is 0.0801. The number of nitrogen functional groups attached to an aromatic ring is 1. The zero-order chi connectivity index (χ0) is 13.1. The van der Waals surface area contributed by atoms with E-state index in [9.17, 15) is 4.79 Å². The second-order valence-electron chi connectivity index (χ2n) is 3.43. The van der Waals surface area contributed by atoms with Crippen LogP contribution < -0.4 is 20.9 Å². The Kier molecular flexibility index (Phi) is 3.13. The first kappa shape index (κ1) is 11.9. The van der Waals surface area contributed by atoms with Crippen molar-refractivity contribution in [3.8, 4) is 22.9 Å². The first-order chi connectivity index (χ1) is 8.63. The molecule has 0 amide bonds. The molecule has 1 aromatic heterocycles. The number of aromatic amines is 1. The summed E-state index contributed by atoms with van der Waals surface area (Å²) in [5.74, 6) is 1.37. The smallest absolute Gasteiger partial charge is 0.349 e. The van der Waals surface area contributed by atoms with E-state index >= 15 is 0 Å². The van der Waals surface area contributed by atoms with E-state index in [4.69, 9.17) is 15.2 Å². The molecule has 0 fully saturated rings. The average Bonchev–Trinajstić information content (AvgIpc) is 2.36. The van der Waals surface area contributed by atoms with Crippen LogP contribution in [0.1, 0.15) is 0 Å². The molecule has 0 saturated carbocycles. The molecular formula is C11H12N4O3. The van der Waals surface area contributed by atoms with Crippen molar-refractivity contribution in [3.63, 3.8) is 0 Å². The molecule has 0 atom stereocenters. The van der Waals surface area contributed by atoms with Gasteiger partial charge in [-0.15, -0.1) is 0 Å².